The minimum absolute atomic E-state index is 0.794. The lowest BCUT2D eigenvalue weighted by Gasteiger charge is -1.85. The SMILES string of the molecule is C=CC(C=C)=CC=CC(=O)O. The van der Waals surface area contributed by atoms with Crippen molar-refractivity contribution in [2.24, 2.45) is 0 Å². The molecule has 0 radical (unpaired) electrons. The van der Waals surface area contributed by atoms with E-state index in [2.05, 4.69) is 13.2 Å². The zero-order chi connectivity index (χ0) is 8.69. The van der Waals surface area contributed by atoms with Crippen molar-refractivity contribution in [1.82, 2.24) is 0 Å². The molecule has 0 aliphatic rings. The maximum Gasteiger partial charge on any atom is 0.328 e. The van der Waals surface area contributed by atoms with Crippen LogP contribution < -0.4 is 0 Å². The van der Waals surface area contributed by atoms with Gasteiger partial charge in [0.25, 0.3) is 0 Å². The molecule has 1 N–H and O–H groups in total. The fraction of sp³-hybridized carbons (Fsp3) is 0. The quantitative estimate of drug-likeness (QED) is 0.491. The molecule has 0 aromatic heterocycles. The number of carboxylic acids is 1. The second-order valence-corrected chi connectivity index (χ2v) is 1.77. The van der Waals surface area contributed by atoms with E-state index in [4.69, 9.17) is 5.11 Å². The minimum Gasteiger partial charge on any atom is -0.478 e. The van der Waals surface area contributed by atoms with E-state index in [0.29, 0.717) is 0 Å². The lowest BCUT2D eigenvalue weighted by molar-refractivity contribution is -0.131. The van der Waals surface area contributed by atoms with Crippen molar-refractivity contribution in [3.8, 4) is 0 Å². The smallest absolute Gasteiger partial charge is 0.328 e. The number of hydrogen-bond donors (Lipinski definition) is 1. The molecule has 0 fully saturated rings. The normalized spacial score (nSPS) is 9.09. The zero-order valence-electron chi connectivity index (χ0n) is 6.16. The second-order valence-electron chi connectivity index (χ2n) is 1.77. The molecule has 0 unspecified atom stereocenters. The number of carboxylic acid groups (broad SMARTS) is 1. The van der Waals surface area contributed by atoms with E-state index in [1.54, 1.807) is 18.2 Å². The Labute approximate surface area is 65.9 Å². The molecule has 2 heteroatoms. The van der Waals surface area contributed by atoms with Gasteiger partial charge in [-0.1, -0.05) is 37.5 Å². The fourth-order valence-electron chi connectivity index (χ4n) is 0.461. The van der Waals surface area contributed by atoms with Crippen molar-refractivity contribution in [3.63, 3.8) is 0 Å². The molecular weight excluding hydrogens is 140 g/mol. The van der Waals surface area contributed by atoms with Crippen molar-refractivity contribution in [1.29, 1.82) is 0 Å². The average molecular weight is 150 g/mol. The van der Waals surface area contributed by atoms with Crippen LogP contribution in [0.3, 0.4) is 0 Å². The molecule has 0 aromatic rings. The number of allylic oxidation sites excluding steroid dienone is 5. The highest BCUT2D eigenvalue weighted by atomic mass is 16.4. The maximum absolute atomic E-state index is 9.99. The third-order valence-corrected chi connectivity index (χ3v) is 0.999. The minimum atomic E-state index is -0.964. The first-order valence-electron chi connectivity index (χ1n) is 3.07. The van der Waals surface area contributed by atoms with Gasteiger partial charge in [-0.25, -0.2) is 4.79 Å². The zero-order valence-corrected chi connectivity index (χ0v) is 6.16. The van der Waals surface area contributed by atoms with Gasteiger partial charge >= 0.3 is 5.97 Å². The van der Waals surface area contributed by atoms with Crippen LogP contribution in [0, 0.1) is 0 Å². The predicted octanol–water partition coefficient (Wildman–Crippen LogP) is 1.93. The van der Waals surface area contributed by atoms with Crippen LogP contribution in [0.1, 0.15) is 0 Å². The number of aliphatic carboxylic acids is 1. The molecule has 0 spiro atoms. The summed E-state index contributed by atoms with van der Waals surface area (Å²) >= 11 is 0. The van der Waals surface area contributed by atoms with E-state index in [0.717, 1.165) is 11.6 Å². The highest BCUT2D eigenvalue weighted by molar-refractivity contribution is 5.80. The van der Waals surface area contributed by atoms with Crippen LogP contribution in [0.15, 0.2) is 49.1 Å². The lowest BCUT2D eigenvalue weighted by Crippen LogP contribution is -1.84. The summed E-state index contributed by atoms with van der Waals surface area (Å²) in [7, 11) is 0. The maximum atomic E-state index is 9.99. The topological polar surface area (TPSA) is 37.3 Å². The Hall–Kier alpha value is -1.57. The lowest BCUT2D eigenvalue weighted by atomic mass is 10.2. The van der Waals surface area contributed by atoms with Crippen LogP contribution >= 0.6 is 0 Å². The average Bonchev–Trinajstić information content (AvgIpc) is 1.98. The fourth-order valence-corrected chi connectivity index (χ4v) is 0.461. The van der Waals surface area contributed by atoms with Gasteiger partial charge in [0.2, 0.25) is 0 Å². The molecule has 0 saturated heterocycles. The van der Waals surface area contributed by atoms with Crippen LogP contribution in [0.2, 0.25) is 0 Å². The van der Waals surface area contributed by atoms with Gasteiger partial charge in [-0.15, -0.1) is 0 Å². The Balaban J connectivity index is 4.19. The third kappa shape index (κ3) is 4.90. The van der Waals surface area contributed by atoms with E-state index in [1.807, 2.05) is 0 Å². The molecule has 0 atom stereocenters. The van der Waals surface area contributed by atoms with E-state index in [-0.39, 0.29) is 0 Å². The molecule has 0 heterocycles. The van der Waals surface area contributed by atoms with Gasteiger partial charge in [0.1, 0.15) is 0 Å². The highest BCUT2D eigenvalue weighted by Crippen LogP contribution is 1.95. The summed E-state index contributed by atoms with van der Waals surface area (Å²) in [5.74, 6) is -0.964. The molecule has 11 heavy (non-hydrogen) atoms. The van der Waals surface area contributed by atoms with E-state index >= 15 is 0 Å². The summed E-state index contributed by atoms with van der Waals surface area (Å²) in [6.07, 6.45) is 7.29. The molecule has 58 valence electrons. The second kappa shape index (κ2) is 5.23. The predicted molar refractivity (Wildman–Crippen MR) is 45.3 cm³/mol. The summed E-state index contributed by atoms with van der Waals surface area (Å²) in [6, 6.07) is 0. The summed E-state index contributed by atoms with van der Waals surface area (Å²) in [5.41, 5.74) is 0.794. The van der Waals surface area contributed by atoms with E-state index < -0.39 is 5.97 Å². The van der Waals surface area contributed by atoms with Crippen molar-refractivity contribution in [3.05, 3.63) is 49.1 Å². The third-order valence-electron chi connectivity index (χ3n) is 0.999. The van der Waals surface area contributed by atoms with Gasteiger partial charge in [-0.05, 0) is 5.57 Å². The Morgan fingerprint density at radius 2 is 1.82 bits per heavy atom. The number of rotatable bonds is 4. The van der Waals surface area contributed by atoms with Gasteiger partial charge in [0.15, 0.2) is 0 Å². The monoisotopic (exact) mass is 150 g/mol. The largest absolute Gasteiger partial charge is 0.478 e. The van der Waals surface area contributed by atoms with Crippen molar-refractivity contribution < 1.29 is 9.90 Å². The summed E-state index contributed by atoms with van der Waals surface area (Å²) in [4.78, 5) is 9.99. The van der Waals surface area contributed by atoms with E-state index in [1.165, 1.54) is 6.08 Å². The van der Waals surface area contributed by atoms with Crippen molar-refractivity contribution in [2.75, 3.05) is 0 Å². The van der Waals surface area contributed by atoms with Crippen LogP contribution in [-0.2, 0) is 4.79 Å². The number of hydrogen-bond acceptors (Lipinski definition) is 1. The molecule has 0 rings (SSSR count). The Bertz CT molecular complexity index is 212. The molecule has 0 aliphatic carbocycles. The van der Waals surface area contributed by atoms with Gasteiger partial charge in [-0.3, -0.25) is 0 Å². The molecule has 0 amide bonds. The van der Waals surface area contributed by atoms with Crippen LogP contribution in [-0.4, -0.2) is 11.1 Å². The van der Waals surface area contributed by atoms with Gasteiger partial charge in [0.05, 0.1) is 0 Å². The highest BCUT2D eigenvalue weighted by Gasteiger charge is 1.82. The Morgan fingerprint density at radius 3 is 2.18 bits per heavy atom. The first kappa shape index (κ1) is 9.43. The van der Waals surface area contributed by atoms with Crippen LogP contribution in [0.5, 0.6) is 0 Å². The Morgan fingerprint density at radius 1 is 1.27 bits per heavy atom. The molecular formula is C9H10O2. The number of carbonyl (C=O) groups is 1. The van der Waals surface area contributed by atoms with Gasteiger partial charge in [0, 0.05) is 6.08 Å². The van der Waals surface area contributed by atoms with Gasteiger partial charge < -0.3 is 5.11 Å². The summed E-state index contributed by atoms with van der Waals surface area (Å²) in [5, 5.41) is 8.20. The van der Waals surface area contributed by atoms with E-state index in [9.17, 15) is 4.79 Å². The molecule has 2 nitrogen and oxygen atoms in total. The van der Waals surface area contributed by atoms with Crippen LogP contribution in [0.25, 0.3) is 0 Å². The summed E-state index contributed by atoms with van der Waals surface area (Å²) in [6.45, 7) is 7.02. The van der Waals surface area contributed by atoms with Crippen molar-refractivity contribution in [2.45, 2.75) is 0 Å². The standard InChI is InChI=1S/C9H10O2/c1-3-8(4-2)6-5-7-9(10)11/h3-7H,1-2H2,(H,10,11). The molecule has 0 bridgehead atoms. The summed E-state index contributed by atoms with van der Waals surface area (Å²) < 4.78 is 0. The molecule has 0 aromatic carbocycles. The van der Waals surface area contributed by atoms with Gasteiger partial charge in [-0.2, -0.15) is 0 Å². The van der Waals surface area contributed by atoms with Crippen molar-refractivity contribution >= 4 is 5.97 Å². The Kier molecular flexibility index (Phi) is 4.49. The molecule has 0 saturated carbocycles. The first-order valence-corrected chi connectivity index (χ1v) is 3.07. The van der Waals surface area contributed by atoms with Crippen LogP contribution in [0.4, 0.5) is 0 Å². The first-order chi connectivity index (χ1) is 5.20. The molecule has 0 aliphatic heterocycles.